The van der Waals surface area contributed by atoms with E-state index in [-0.39, 0.29) is 0 Å². The Morgan fingerprint density at radius 2 is 0.760 bits per heavy atom. The first kappa shape index (κ1) is 26.4. The predicted octanol–water partition coefficient (Wildman–Crippen LogP) is 1.09. The van der Waals surface area contributed by atoms with E-state index in [0.29, 0.717) is 4.13 Å². The predicted molar refractivity (Wildman–Crippen MR) is 61.9 cm³/mol. The summed E-state index contributed by atoms with van der Waals surface area (Å²) >= 11 is 0. The standard InChI is InChI=1S/C4F10NO4S2.C3H9N/c5-1(6,7)3(11,12)20(16,17)15-21(18,19)4(13,14)2(8,9)10;1-4(2)3/h;1-3H3/q-1;/p+1. The van der Waals surface area contributed by atoms with Gasteiger partial charge in [0.25, 0.3) is 0 Å². The second kappa shape index (κ2) is 7.39. The van der Waals surface area contributed by atoms with Crippen molar-refractivity contribution in [2.24, 2.45) is 0 Å². The molecule has 0 heterocycles. The van der Waals surface area contributed by atoms with Gasteiger partial charge in [-0.25, -0.2) is 16.8 Å². The number of quaternary nitrogens is 1. The molecule has 25 heavy (non-hydrogen) atoms. The highest BCUT2D eigenvalue weighted by Crippen LogP contribution is 2.47. The van der Waals surface area contributed by atoms with Crippen molar-refractivity contribution in [3.8, 4) is 0 Å². The third kappa shape index (κ3) is 6.10. The monoisotopic (exact) mass is 440 g/mol. The minimum atomic E-state index is -7.62. The zero-order chi connectivity index (χ0) is 21.3. The van der Waals surface area contributed by atoms with Crippen LogP contribution in [0.1, 0.15) is 0 Å². The van der Waals surface area contributed by atoms with E-state index < -0.39 is 42.9 Å². The Bertz CT molecular complexity index is 593. The molecule has 0 saturated carbocycles. The third-order valence-corrected chi connectivity index (χ3v) is 4.83. The van der Waals surface area contributed by atoms with Crippen molar-refractivity contribution < 1.29 is 65.6 Å². The highest BCUT2D eigenvalue weighted by atomic mass is 32.3. The SMILES string of the molecule is C[NH+](C)C.O=S(=O)([N-]S(=O)(=O)C(F)(F)C(F)(F)F)C(F)(F)C(F)(F)F. The molecule has 0 aromatic heterocycles. The number of hydrogen-bond acceptors (Lipinski definition) is 4. The van der Waals surface area contributed by atoms with Gasteiger partial charge in [-0.1, -0.05) is 0 Å². The number of nitrogens with one attached hydrogen (secondary N) is 1. The van der Waals surface area contributed by atoms with Crippen LogP contribution in [0.15, 0.2) is 0 Å². The highest BCUT2D eigenvalue weighted by molar-refractivity contribution is 8.13. The lowest BCUT2D eigenvalue weighted by molar-refractivity contribution is -0.836. The van der Waals surface area contributed by atoms with Gasteiger partial charge >= 0.3 is 22.9 Å². The maximum absolute atomic E-state index is 12.3. The molecule has 6 nitrogen and oxygen atoms in total. The molecule has 0 fully saturated rings. The Morgan fingerprint density at radius 1 is 0.600 bits per heavy atom. The number of rotatable bonds is 4. The minimum Gasteiger partial charge on any atom is -0.425 e. The summed E-state index contributed by atoms with van der Waals surface area (Å²) < 4.78 is 161. The molecule has 0 unspecified atom stereocenters. The van der Waals surface area contributed by atoms with E-state index in [1.54, 1.807) is 0 Å². The Morgan fingerprint density at radius 3 is 0.880 bits per heavy atom. The molecule has 0 atom stereocenters. The van der Waals surface area contributed by atoms with E-state index in [1.165, 1.54) is 4.90 Å². The Kier molecular flexibility index (Phi) is 7.79. The van der Waals surface area contributed by atoms with Crippen molar-refractivity contribution in [1.29, 1.82) is 0 Å². The van der Waals surface area contributed by atoms with Crippen LogP contribution in [-0.2, 0) is 20.0 Å². The van der Waals surface area contributed by atoms with Crippen LogP contribution < -0.4 is 4.90 Å². The molecular weight excluding hydrogens is 430 g/mol. The zero-order valence-electron chi connectivity index (χ0n) is 12.2. The van der Waals surface area contributed by atoms with Crippen LogP contribution >= 0.6 is 0 Å². The highest BCUT2D eigenvalue weighted by Gasteiger charge is 2.68. The average Bonchev–Trinajstić information content (AvgIpc) is 2.22. The van der Waals surface area contributed by atoms with Crippen LogP contribution in [0.5, 0.6) is 0 Å². The number of alkyl halides is 10. The molecule has 0 aromatic rings. The third-order valence-electron chi connectivity index (χ3n) is 1.50. The molecule has 0 aliphatic carbocycles. The molecule has 0 spiro atoms. The lowest BCUT2D eigenvalue weighted by Gasteiger charge is -2.31. The Hall–Kier alpha value is -0.880. The summed E-state index contributed by atoms with van der Waals surface area (Å²) in [6.45, 7) is 0. The van der Waals surface area contributed by atoms with Crippen LogP contribution in [0.25, 0.3) is 4.13 Å². The van der Waals surface area contributed by atoms with E-state index >= 15 is 0 Å². The fraction of sp³-hybridized carbons (Fsp3) is 1.00. The van der Waals surface area contributed by atoms with Gasteiger partial charge in [0, 0.05) is 0 Å². The molecule has 0 amide bonds. The van der Waals surface area contributed by atoms with Crippen molar-refractivity contribution in [3.05, 3.63) is 4.13 Å². The van der Waals surface area contributed by atoms with Crippen LogP contribution in [-0.4, -0.2) is 60.8 Å². The average molecular weight is 440 g/mol. The zero-order valence-corrected chi connectivity index (χ0v) is 13.8. The van der Waals surface area contributed by atoms with Gasteiger partial charge in [0.15, 0.2) is 20.0 Å². The maximum Gasteiger partial charge on any atom is 0.467 e. The van der Waals surface area contributed by atoms with E-state index in [1.807, 2.05) is 0 Å². The normalized spacial score (nSPS) is 15.0. The topological polar surface area (TPSA) is 86.8 Å². The molecule has 0 rings (SSSR count). The summed E-state index contributed by atoms with van der Waals surface area (Å²) in [6, 6.07) is 0. The molecule has 0 aromatic carbocycles. The van der Waals surface area contributed by atoms with Crippen molar-refractivity contribution in [3.63, 3.8) is 0 Å². The van der Waals surface area contributed by atoms with Crippen molar-refractivity contribution in [2.45, 2.75) is 22.9 Å². The maximum atomic E-state index is 12.3. The van der Waals surface area contributed by atoms with Gasteiger partial charge in [0.1, 0.15) is 0 Å². The Balaban J connectivity index is 0. The molecule has 0 aliphatic rings. The summed E-state index contributed by atoms with van der Waals surface area (Å²) in [6.07, 6.45) is -14.0. The molecule has 0 radical (unpaired) electrons. The van der Waals surface area contributed by atoms with Gasteiger partial charge in [0.2, 0.25) is 0 Å². The number of nitrogens with zero attached hydrogens (tertiary/aromatic N) is 1. The molecule has 154 valence electrons. The smallest absolute Gasteiger partial charge is 0.425 e. The van der Waals surface area contributed by atoms with Crippen molar-refractivity contribution >= 4 is 20.0 Å². The van der Waals surface area contributed by atoms with E-state index in [0.717, 1.165) is 0 Å². The first-order chi connectivity index (χ1) is 10.4. The van der Waals surface area contributed by atoms with Gasteiger partial charge in [-0.05, 0) is 0 Å². The van der Waals surface area contributed by atoms with Gasteiger partial charge in [0.05, 0.1) is 21.1 Å². The number of sulfonamides is 2. The molecule has 0 bridgehead atoms. The molecule has 0 saturated heterocycles. The van der Waals surface area contributed by atoms with Crippen molar-refractivity contribution in [2.75, 3.05) is 21.1 Å². The van der Waals surface area contributed by atoms with Gasteiger partial charge in [-0.3, -0.25) is 0 Å². The van der Waals surface area contributed by atoms with Crippen LogP contribution in [0.4, 0.5) is 43.9 Å². The fourth-order valence-electron chi connectivity index (χ4n) is 0.515. The summed E-state index contributed by atoms with van der Waals surface area (Å²) in [5.41, 5.74) is 0. The summed E-state index contributed by atoms with van der Waals surface area (Å²) in [7, 11) is -8.99. The van der Waals surface area contributed by atoms with Gasteiger partial charge in [-0.2, -0.15) is 43.9 Å². The van der Waals surface area contributed by atoms with Gasteiger partial charge < -0.3 is 9.03 Å². The molecule has 0 aliphatic heterocycles. The lowest BCUT2D eigenvalue weighted by Crippen LogP contribution is -3.02. The minimum absolute atomic E-state index is 0.422. The number of halogens is 10. The Labute approximate surface area is 134 Å². The van der Waals surface area contributed by atoms with Gasteiger partial charge in [-0.15, -0.1) is 0 Å². The van der Waals surface area contributed by atoms with Crippen LogP contribution in [0, 0.1) is 0 Å². The number of hydrogen-bond donors (Lipinski definition) is 1. The van der Waals surface area contributed by atoms with Crippen molar-refractivity contribution in [1.82, 2.24) is 0 Å². The summed E-state index contributed by atoms with van der Waals surface area (Å²) in [4.78, 5) is 1.42. The molecule has 18 heteroatoms. The molecule has 1 N–H and O–H groups in total. The fourth-order valence-corrected chi connectivity index (χ4v) is 2.88. The second-order valence-corrected chi connectivity index (χ2v) is 8.08. The van der Waals surface area contributed by atoms with Crippen LogP contribution in [0.3, 0.4) is 0 Å². The first-order valence-electron chi connectivity index (χ1n) is 5.33. The lowest BCUT2D eigenvalue weighted by atomic mass is 10.7. The second-order valence-electron chi connectivity index (χ2n) is 4.55. The van der Waals surface area contributed by atoms with E-state index in [4.69, 9.17) is 0 Å². The quantitative estimate of drug-likeness (QED) is 0.664. The summed E-state index contributed by atoms with van der Waals surface area (Å²) in [5.74, 6) is 0. The van der Waals surface area contributed by atoms with E-state index in [2.05, 4.69) is 21.1 Å². The largest absolute Gasteiger partial charge is 0.467 e. The summed E-state index contributed by atoms with van der Waals surface area (Å²) in [5, 5.41) is -14.0. The van der Waals surface area contributed by atoms with E-state index in [9.17, 15) is 60.7 Å². The molecular formula is C7H10F10N2O4S2. The first-order valence-corrected chi connectivity index (χ1v) is 8.21. The van der Waals surface area contributed by atoms with Crippen LogP contribution in [0.2, 0.25) is 0 Å².